The van der Waals surface area contributed by atoms with Crippen LogP contribution in [0.1, 0.15) is 51.7 Å². The third-order valence-electron chi connectivity index (χ3n) is 3.75. The fraction of sp³-hybridized carbons (Fsp3) is 0.400. The molecule has 1 radical (unpaired) electrons. The maximum absolute atomic E-state index is 3.36. The Hall–Kier alpha value is -1.56. The fourth-order valence-electron chi connectivity index (χ4n) is 2.37. The molecule has 0 aliphatic heterocycles. The molecule has 0 nitrogen and oxygen atoms in total. The van der Waals surface area contributed by atoms with E-state index >= 15 is 0 Å². The summed E-state index contributed by atoms with van der Waals surface area (Å²) in [6, 6.07) is 18.8. The topological polar surface area (TPSA) is 0 Å². The molecule has 0 aliphatic carbocycles. The Balaban J connectivity index is 2.23. The van der Waals surface area contributed by atoms with E-state index < -0.39 is 0 Å². The van der Waals surface area contributed by atoms with Crippen LogP contribution in [0, 0.1) is 6.07 Å². The molecule has 2 aromatic rings. The largest absolute Gasteiger partial charge is 0.0654 e. The van der Waals surface area contributed by atoms with Crippen LogP contribution in [0.4, 0.5) is 0 Å². The molecule has 0 heteroatoms. The molecule has 20 heavy (non-hydrogen) atoms. The second-order valence-electron chi connectivity index (χ2n) is 6.54. The number of rotatable bonds is 4. The standard InChI is InChI=1S/C20H25/c1-5-6-8-16-9-7-10-18(15-16)17-11-13-19(14-12-17)20(2,3)4/h7,9,11-15H,5-6,8H2,1-4H3. The molecule has 0 fully saturated rings. The summed E-state index contributed by atoms with van der Waals surface area (Å²) in [5.41, 5.74) is 5.48. The number of aryl methyl sites for hydroxylation is 1. The SMILES string of the molecule is CCCCc1cc[c]c(-c2ccc(C(C)(C)C)cc2)c1. The van der Waals surface area contributed by atoms with E-state index in [1.54, 1.807) is 0 Å². The quantitative estimate of drug-likeness (QED) is 0.656. The van der Waals surface area contributed by atoms with Crippen molar-refractivity contribution in [3.63, 3.8) is 0 Å². The lowest BCUT2D eigenvalue weighted by molar-refractivity contribution is 0.590. The predicted octanol–water partition coefficient (Wildman–Crippen LogP) is 5.79. The molecule has 105 valence electrons. The zero-order valence-corrected chi connectivity index (χ0v) is 13.2. The lowest BCUT2D eigenvalue weighted by Crippen LogP contribution is -2.10. The first-order valence-corrected chi connectivity index (χ1v) is 7.62. The van der Waals surface area contributed by atoms with Gasteiger partial charge in [-0.15, -0.1) is 0 Å². The van der Waals surface area contributed by atoms with Gasteiger partial charge in [0.25, 0.3) is 0 Å². The van der Waals surface area contributed by atoms with Crippen molar-refractivity contribution in [1.82, 2.24) is 0 Å². The van der Waals surface area contributed by atoms with E-state index in [2.05, 4.69) is 76.2 Å². The van der Waals surface area contributed by atoms with Crippen molar-refractivity contribution < 1.29 is 0 Å². The Morgan fingerprint density at radius 1 is 1.00 bits per heavy atom. The van der Waals surface area contributed by atoms with E-state index in [1.165, 1.54) is 35.1 Å². The van der Waals surface area contributed by atoms with Crippen molar-refractivity contribution >= 4 is 0 Å². The molecule has 0 unspecified atom stereocenters. The van der Waals surface area contributed by atoms with Crippen LogP contribution >= 0.6 is 0 Å². The highest BCUT2D eigenvalue weighted by molar-refractivity contribution is 5.64. The van der Waals surface area contributed by atoms with Crippen LogP contribution in [0.25, 0.3) is 11.1 Å². The maximum Gasteiger partial charge on any atom is -0.00990 e. The normalized spacial score (nSPS) is 11.6. The second-order valence-corrected chi connectivity index (χ2v) is 6.54. The first-order chi connectivity index (χ1) is 9.50. The van der Waals surface area contributed by atoms with Crippen molar-refractivity contribution in [1.29, 1.82) is 0 Å². The predicted molar refractivity (Wildman–Crippen MR) is 88.0 cm³/mol. The molecule has 2 rings (SSSR count). The molecular formula is C20H25. The number of hydrogen-bond acceptors (Lipinski definition) is 0. The number of unbranched alkanes of at least 4 members (excludes halogenated alkanes) is 1. The molecule has 0 N–H and O–H groups in total. The van der Waals surface area contributed by atoms with Crippen molar-refractivity contribution in [2.45, 2.75) is 52.4 Å². The van der Waals surface area contributed by atoms with Crippen molar-refractivity contribution in [2.75, 3.05) is 0 Å². The van der Waals surface area contributed by atoms with E-state index in [0.29, 0.717) is 0 Å². The Kier molecular flexibility index (Phi) is 4.65. The molecule has 0 aromatic heterocycles. The third-order valence-corrected chi connectivity index (χ3v) is 3.75. The average Bonchev–Trinajstić information content (AvgIpc) is 2.45. The summed E-state index contributed by atoms with van der Waals surface area (Å²) in [6.45, 7) is 8.99. The van der Waals surface area contributed by atoms with Crippen molar-refractivity contribution in [2.24, 2.45) is 0 Å². The smallest absolute Gasteiger partial charge is 0.00990 e. The van der Waals surface area contributed by atoms with Gasteiger partial charge in [0.15, 0.2) is 0 Å². The van der Waals surface area contributed by atoms with Gasteiger partial charge in [0, 0.05) is 0 Å². The minimum absolute atomic E-state index is 0.214. The molecule has 0 heterocycles. The highest BCUT2D eigenvalue weighted by Gasteiger charge is 2.13. The molecule has 0 saturated heterocycles. The minimum Gasteiger partial charge on any atom is -0.0654 e. The molecule has 2 aromatic carbocycles. The second kappa shape index (κ2) is 6.26. The van der Waals surface area contributed by atoms with Gasteiger partial charge in [-0.05, 0) is 46.6 Å². The number of hydrogen-bond donors (Lipinski definition) is 0. The lowest BCUT2D eigenvalue weighted by Gasteiger charge is -2.19. The molecule has 0 amide bonds. The van der Waals surface area contributed by atoms with Crippen LogP contribution in [0.2, 0.25) is 0 Å². The van der Waals surface area contributed by atoms with E-state index in [0.717, 1.165) is 6.42 Å². The molecule has 0 saturated carbocycles. The van der Waals surface area contributed by atoms with Gasteiger partial charge in [-0.3, -0.25) is 0 Å². The van der Waals surface area contributed by atoms with Crippen molar-refractivity contribution in [3.05, 3.63) is 59.7 Å². The number of benzene rings is 2. The van der Waals surface area contributed by atoms with Crippen LogP contribution in [-0.4, -0.2) is 0 Å². The van der Waals surface area contributed by atoms with Gasteiger partial charge in [0.2, 0.25) is 0 Å². The summed E-state index contributed by atoms with van der Waals surface area (Å²) in [5.74, 6) is 0. The van der Waals surface area contributed by atoms with Gasteiger partial charge in [0.1, 0.15) is 0 Å². The Labute approximate surface area is 123 Å². The van der Waals surface area contributed by atoms with E-state index in [-0.39, 0.29) is 5.41 Å². The van der Waals surface area contributed by atoms with Gasteiger partial charge >= 0.3 is 0 Å². The van der Waals surface area contributed by atoms with Crippen LogP contribution < -0.4 is 0 Å². The lowest BCUT2D eigenvalue weighted by atomic mass is 9.86. The zero-order chi connectivity index (χ0) is 14.6. The fourth-order valence-corrected chi connectivity index (χ4v) is 2.37. The van der Waals surface area contributed by atoms with Gasteiger partial charge in [-0.1, -0.05) is 76.6 Å². The van der Waals surface area contributed by atoms with E-state index in [1.807, 2.05) is 0 Å². The summed E-state index contributed by atoms with van der Waals surface area (Å²) >= 11 is 0. The van der Waals surface area contributed by atoms with Crippen molar-refractivity contribution in [3.8, 4) is 11.1 Å². The summed E-state index contributed by atoms with van der Waals surface area (Å²) in [6.07, 6.45) is 3.67. The van der Waals surface area contributed by atoms with Crippen LogP contribution in [0.5, 0.6) is 0 Å². The Morgan fingerprint density at radius 2 is 1.70 bits per heavy atom. The Morgan fingerprint density at radius 3 is 2.30 bits per heavy atom. The van der Waals surface area contributed by atoms with Gasteiger partial charge < -0.3 is 0 Å². The summed E-state index contributed by atoms with van der Waals surface area (Å²) in [7, 11) is 0. The highest BCUT2D eigenvalue weighted by atomic mass is 14.2. The minimum atomic E-state index is 0.214. The summed E-state index contributed by atoms with van der Waals surface area (Å²) in [4.78, 5) is 0. The third kappa shape index (κ3) is 3.72. The van der Waals surface area contributed by atoms with E-state index in [4.69, 9.17) is 0 Å². The monoisotopic (exact) mass is 265 g/mol. The first kappa shape index (κ1) is 14.8. The summed E-state index contributed by atoms with van der Waals surface area (Å²) in [5, 5.41) is 0. The molecule has 0 spiro atoms. The first-order valence-electron chi connectivity index (χ1n) is 7.62. The van der Waals surface area contributed by atoms with Gasteiger partial charge in [-0.25, -0.2) is 0 Å². The summed E-state index contributed by atoms with van der Waals surface area (Å²) < 4.78 is 0. The molecular weight excluding hydrogens is 240 g/mol. The van der Waals surface area contributed by atoms with E-state index in [9.17, 15) is 0 Å². The van der Waals surface area contributed by atoms with Gasteiger partial charge in [0.05, 0.1) is 0 Å². The Bertz CT molecular complexity index is 541. The van der Waals surface area contributed by atoms with Crippen LogP contribution in [-0.2, 0) is 11.8 Å². The van der Waals surface area contributed by atoms with Crippen LogP contribution in [0.15, 0.2) is 42.5 Å². The van der Waals surface area contributed by atoms with Crippen LogP contribution in [0.3, 0.4) is 0 Å². The highest BCUT2D eigenvalue weighted by Crippen LogP contribution is 2.26. The molecule has 0 bridgehead atoms. The van der Waals surface area contributed by atoms with Gasteiger partial charge in [-0.2, -0.15) is 0 Å². The molecule has 0 atom stereocenters. The zero-order valence-electron chi connectivity index (χ0n) is 13.2. The average molecular weight is 265 g/mol. The molecule has 0 aliphatic rings. The maximum atomic E-state index is 3.36.